The first kappa shape index (κ1) is 24.6. The lowest BCUT2D eigenvalue weighted by atomic mass is 9.90. The summed E-state index contributed by atoms with van der Waals surface area (Å²) in [6.45, 7) is 12.6. The maximum atomic E-state index is 9.34. The van der Waals surface area contributed by atoms with Crippen LogP contribution in [-0.4, -0.2) is 102 Å². The van der Waals surface area contributed by atoms with Crippen molar-refractivity contribution in [2.24, 2.45) is 0 Å². The number of fused-ring (bicyclic) bond motifs is 5. The topological polar surface area (TPSA) is 87.1 Å². The number of β-amino-alcohol motifs (C(OH)–C–C–N with tert-alkyl or cyclic N) is 1. The van der Waals surface area contributed by atoms with Crippen molar-refractivity contribution in [3.63, 3.8) is 0 Å². The van der Waals surface area contributed by atoms with Gasteiger partial charge in [0.25, 0.3) is 0 Å². The second-order valence-electron chi connectivity index (χ2n) is 10.3. The minimum Gasteiger partial charge on any atom is -0.395 e. The van der Waals surface area contributed by atoms with Gasteiger partial charge in [0.05, 0.1) is 42.2 Å². The van der Waals surface area contributed by atoms with Crippen LogP contribution in [0.1, 0.15) is 25.0 Å². The van der Waals surface area contributed by atoms with Crippen LogP contribution in [0.25, 0.3) is 20.4 Å². The Morgan fingerprint density at radius 3 is 2.44 bits per heavy atom. The molecule has 0 bridgehead atoms. The van der Waals surface area contributed by atoms with Gasteiger partial charge in [-0.3, -0.25) is 4.90 Å². The van der Waals surface area contributed by atoms with Gasteiger partial charge in [0.15, 0.2) is 11.0 Å². The van der Waals surface area contributed by atoms with Gasteiger partial charge in [0, 0.05) is 63.2 Å². The summed E-state index contributed by atoms with van der Waals surface area (Å²) in [6, 6.07) is 0. The highest BCUT2D eigenvalue weighted by atomic mass is 32.2. The zero-order chi connectivity index (χ0) is 24.9. The fraction of sp³-hybridized carbons (Fsp3) is 0.640. The molecule has 36 heavy (non-hydrogen) atoms. The van der Waals surface area contributed by atoms with Gasteiger partial charge in [-0.05, 0) is 25.7 Å². The third-order valence-corrected chi connectivity index (χ3v) is 9.03. The quantitative estimate of drug-likeness (QED) is 0.392. The summed E-state index contributed by atoms with van der Waals surface area (Å²) in [5.74, 6) is 2.06. The molecule has 0 amide bonds. The van der Waals surface area contributed by atoms with E-state index in [2.05, 4.69) is 28.5 Å². The fourth-order valence-electron chi connectivity index (χ4n) is 5.49. The molecule has 2 saturated heterocycles. The number of hydrogen-bond donors (Lipinski definition) is 1. The van der Waals surface area contributed by atoms with Gasteiger partial charge in [-0.25, -0.2) is 15.0 Å². The van der Waals surface area contributed by atoms with Crippen molar-refractivity contribution >= 4 is 55.2 Å². The summed E-state index contributed by atoms with van der Waals surface area (Å²) in [5.41, 5.74) is 3.32. The number of thioether (sulfide) groups is 1. The van der Waals surface area contributed by atoms with Crippen molar-refractivity contribution in [1.82, 2.24) is 19.9 Å². The van der Waals surface area contributed by atoms with Crippen molar-refractivity contribution < 1.29 is 14.6 Å². The maximum absolute atomic E-state index is 9.34. The van der Waals surface area contributed by atoms with Gasteiger partial charge in [-0.1, -0.05) is 11.8 Å². The Bertz CT molecular complexity index is 1270. The number of thiophene rings is 1. The average molecular weight is 531 g/mol. The molecule has 11 heteroatoms. The number of morpholine rings is 1. The molecule has 2 fully saturated rings. The lowest BCUT2D eigenvalue weighted by Gasteiger charge is -2.36. The first-order chi connectivity index (χ1) is 17.5. The van der Waals surface area contributed by atoms with Gasteiger partial charge >= 0.3 is 0 Å². The Hall–Kier alpha value is -1.76. The van der Waals surface area contributed by atoms with Crippen LogP contribution in [0.3, 0.4) is 0 Å². The van der Waals surface area contributed by atoms with Crippen LogP contribution in [0.2, 0.25) is 0 Å². The van der Waals surface area contributed by atoms with Crippen molar-refractivity contribution in [3.05, 3.63) is 11.1 Å². The summed E-state index contributed by atoms with van der Waals surface area (Å²) in [4.78, 5) is 23.4. The predicted molar refractivity (Wildman–Crippen MR) is 146 cm³/mol. The van der Waals surface area contributed by atoms with Crippen LogP contribution in [0.5, 0.6) is 0 Å². The molecule has 9 nitrogen and oxygen atoms in total. The fourth-order valence-corrected chi connectivity index (χ4v) is 7.01. The van der Waals surface area contributed by atoms with E-state index in [9.17, 15) is 5.11 Å². The number of piperazine rings is 1. The first-order valence-electron chi connectivity index (χ1n) is 12.7. The number of anilines is 2. The molecule has 0 unspecified atom stereocenters. The minimum atomic E-state index is -0.237. The molecular weight excluding hydrogens is 496 g/mol. The highest BCUT2D eigenvalue weighted by Gasteiger charge is 2.34. The van der Waals surface area contributed by atoms with E-state index in [4.69, 9.17) is 24.4 Å². The van der Waals surface area contributed by atoms with Gasteiger partial charge in [-0.2, -0.15) is 0 Å². The second-order valence-corrected chi connectivity index (χ2v) is 12.0. The van der Waals surface area contributed by atoms with E-state index in [0.29, 0.717) is 6.61 Å². The van der Waals surface area contributed by atoms with E-state index < -0.39 is 0 Å². The minimum absolute atomic E-state index is 0.201. The van der Waals surface area contributed by atoms with Crippen LogP contribution in [0.15, 0.2) is 5.16 Å². The number of rotatable bonds is 5. The molecule has 0 spiro atoms. The lowest BCUT2D eigenvalue weighted by molar-refractivity contribution is -0.0396. The molecule has 3 aromatic rings. The summed E-state index contributed by atoms with van der Waals surface area (Å²) in [6.07, 6.45) is 2.87. The maximum Gasteiger partial charge on any atom is 0.189 e. The van der Waals surface area contributed by atoms with Gasteiger partial charge in [0.2, 0.25) is 0 Å². The Labute approximate surface area is 219 Å². The molecule has 3 aliphatic rings. The number of aliphatic hydroxyl groups excluding tert-OH is 1. The van der Waals surface area contributed by atoms with Crippen LogP contribution < -0.4 is 9.80 Å². The number of aliphatic hydroxyl groups is 1. The van der Waals surface area contributed by atoms with Crippen molar-refractivity contribution in [2.45, 2.75) is 37.6 Å². The normalized spacial score (nSPS) is 20.9. The number of hydrogen-bond acceptors (Lipinski definition) is 11. The van der Waals surface area contributed by atoms with E-state index >= 15 is 0 Å². The van der Waals surface area contributed by atoms with Gasteiger partial charge in [-0.15, -0.1) is 11.3 Å². The van der Waals surface area contributed by atoms with Gasteiger partial charge < -0.3 is 24.4 Å². The lowest BCUT2D eigenvalue weighted by Crippen LogP contribution is -2.47. The molecule has 3 aromatic heterocycles. The highest BCUT2D eigenvalue weighted by Crippen LogP contribution is 2.45. The Kier molecular flexibility index (Phi) is 6.72. The van der Waals surface area contributed by atoms with Crippen molar-refractivity contribution in [2.75, 3.05) is 81.7 Å². The summed E-state index contributed by atoms with van der Waals surface area (Å²) in [5, 5.41) is 11.3. The number of aromatic nitrogens is 3. The molecule has 0 aliphatic carbocycles. The molecule has 0 aromatic carbocycles. The Morgan fingerprint density at radius 2 is 1.72 bits per heavy atom. The summed E-state index contributed by atoms with van der Waals surface area (Å²) >= 11 is 3.31. The SMILES string of the molecule is CSc1nc(N2CCN(CCO)CC2)c2sc3nc(N4CCOCC4)c4c(c3c2n1)CC(C)(C)OC4. The number of pyridine rings is 1. The standard InChI is InChI=1S/C25H34N6O3S2/c1-25(2)14-16-17(15-34-25)21(31-9-12-33-13-10-31)27-23-18(16)19-20(36-23)22(28-24(26-19)35-3)30-6-4-29(5-7-30)8-11-32/h32H,4-15H2,1-3H3. The van der Waals surface area contributed by atoms with Crippen LogP contribution >= 0.6 is 23.1 Å². The molecule has 0 saturated carbocycles. The second kappa shape index (κ2) is 9.85. The van der Waals surface area contributed by atoms with E-state index in [0.717, 1.165) is 97.3 Å². The molecule has 1 N–H and O–H groups in total. The van der Waals surface area contributed by atoms with Crippen molar-refractivity contribution in [3.8, 4) is 0 Å². The Morgan fingerprint density at radius 1 is 0.972 bits per heavy atom. The Balaban J connectivity index is 1.52. The average Bonchev–Trinajstić information content (AvgIpc) is 3.27. The highest BCUT2D eigenvalue weighted by molar-refractivity contribution is 7.98. The number of ether oxygens (including phenoxy) is 2. The monoisotopic (exact) mass is 530 g/mol. The molecule has 6 heterocycles. The van der Waals surface area contributed by atoms with E-state index in [1.165, 1.54) is 16.5 Å². The van der Waals surface area contributed by atoms with Crippen LogP contribution in [0.4, 0.5) is 11.6 Å². The predicted octanol–water partition coefficient (Wildman–Crippen LogP) is 2.76. The zero-order valence-electron chi connectivity index (χ0n) is 21.2. The molecule has 6 rings (SSSR count). The summed E-state index contributed by atoms with van der Waals surface area (Å²) < 4.78 is 13.0. The van der Waals surface area contributed by atoms with Crippen LogP contribution in [0, 0.1) is 0 Å². The molecular formula is C25H34N6O3S2. The first-order valence-corrected chi connectivity index (χ1v) is 14.8. The van der Waals surface area contributed by atoms with Crippen molar-refractivity contribution in [1.29, 1.82) is 0 Å². The third-order valence-electron chi connectivity index (χ3n) is 7.41. The van der Waals surface area contributed by atoms with Crippen LogP contribution in [-0.2, 0) is 22.5 Å². The molecule has 3 aliphatic heterocycles. The largest absolute Gasteiger partial charge is 0.395 e. The number of nitrogens with zero attached hydrogens (tertiary/aromatic N) is 6. The summed E-state index contributed by atoms with van der Waals surface area (Å²) in [7, 11) is 0. The molecule has 0 atom stereocenters. The molecule has 194 valence electrons. The zero-order valence-corrected chi connectivity index (χ0v) is 22.9. The molecule has 0 radical (unpaired) electrons. The smallest absolute Gasteiger partial charge is 0.189 e. The van der Waals surface area contributed by atoms with E-state index in [1.54, 1.807) is 23.1 Å². The van der Waals surface area contributed by atoms with Gasteiger partial charge in [0.1, 0.15) is 10.6 Å². The van der Waals surface area contributed by atoms with E-state index in [-0.39, 0.29) is 12.2 Å². The van der Waals surface area contributed by atoms with E-state index in [1.807, 2.05) is 6.26 Å². The third kappa shape index (κ3) is 4.43.